The van der Waals surface area contributed by atoms with Crippen molar-refractivity contribution in [2.45, 2.75) is 17.5 Å². The minimum Gasteiger partial charge on any atom is -0.336 e. The molecule has 5 nitrogen and oxygen atoms in total. The lowest BCUT2D eigenvalue weighted by Gasteiger charge is -2.35. The van der Waals surface area contributed by atoms with Crippen molar-refractivity contribution >= 4 is 29.3 Å². The topological polar surface area (TPSA) is 52.7 Å². The molecule has 1 saturated heterocycles. The van der Waals surface area contributed by atoms with Crippen molar-refractivity contribution in [1.29, 1.82) is 0 Å². The van der Waals surface area contributed by atoms with Crippen LogP contribution in [0.15, 0.2) is 53.4 Å². The van der Waals surface area contributed by atoms with Gasteiger partial charge in [0.15, 0.2) is 0 Å². The highest BCUT2D eigenvalue weighted by molar-refractivity contribution is 7.98. The molecule has 1 aliphatic heterocycles. The van der Waals surface area contributed by atoms with Crippen molar-refractivity contribution in [2.75, 3.05) is 44.3 Å². The summed E-state index contributed by atoms with van der Waals surface area (Å²) in [5.41, 5.74) is -0.460. The number of para-hydroxylation sites is 1. The highest BCUT2D eigenvalue weighted by Crippen LogP contribution is 2.32. The van der Waals surface area contributed by atoms with Gasteiger partial charge in [0, 0.05) is 44.0 Å². The number of carbonyl (C=O) groups is 2. The van der Waals surface area contributed by atoms with Gasteiger partial charge >= 0.3 is 6.18 Å². The third kappa shape index (κ3) is 6.01. The average molecular weight is 452 g/mol. The SMILES string of the molecule is CSc1ccccc1NC(=O)CCN1CCN(C(=O)c2ccccc2C(F)(F)F)CC1. The predicted molar refractivity (Wildman–Crippen MR) is 115 cm³/mol. The average Bonchev–Trinajstić information content (AvgIpc) is 2.77. The minimum atomic E-state index is -4.57. The van der Waals surface area contributed by atoms with Gasteiger partial charge in [-0.15, -0.1) is 11.8 Å². The van der Waals surface area contributed by atoms with E-state index >= 15 is 0 Å². The van der Waals surface area contributed by atoms with Crippen molar-refractivity contribution in [2.24, 2.45) is 0 Å². The van der Waals surface area contributed by atoms with Gasteiger partial charge in [0.05, 0.1) is 16.8 Å². The molecular formula is C22H24F3N3O2S. The van der Waals surface area contributed by atoms with Crippen LogP contribution in [-0.4, -0.2) is 60.6 Å². The van der Waals surface area contributed by atoms with Gasteiger partial charge in [-0.05, 0) is 30.5 Å². The first kappa shape index (κ1) is 23.1. The number of anilines is 1. The van der Waals surface area contributed by atoms with Gasteiger partial charge in [0.25, 0.3) is 5.91 Å². The number of nitrogens with one attached hydrogen (secondary N) is 1. The van der Waals surface area contributed by atoms with Crippen LogP contribution in [0, 0.1) is 0 Å². The molecule has 2 amide bonds. The van der Waals surface area contributed by atoms with Crippen LogP contribution in [0.5, 0.6) is 0 Å². The Balaban J connectivity index is 1.50. The van der Waals surface area contributed by atoms with E-state index in [-0.39, 0.29) is 11.5 Å². The van der Waals surface area contributed by atoms with Crippen LogP contribution in [0.3, 0.4) is 0 Å². The van der Waals surface area contributed by atoms with Crippen molar-refractivity contribution in [3.8, 4) is 0 Å². The van der Waals surface area contributed by atoms with Crippen molar-refractivity contribution in [3.63, 3.8) is 0 Å². The zero-order valence-corrected chi connectivity index (χ0v) is 17.9. The number of carbonyl (C=O) groups excluding carboxylic acids is 2. The van der Waals surface area contributed by atoms with E-state index in [0.29, 0.717) is 39.1 Å². The first-order chi connectivity index (χ1) is 14.8. The quantitative estimate of drug-likeness (QED) is 0.669. The molecule has 2 aromatic rings. The van der Waals surface area contributed by atoms with E-state index in [4.69, 9.17) is 0 Å². The van der Waals surface area contributed by atoms with Crippen LogP contribution in [-0.2, 0) is 11.0 Å². The number of halogens is 3. The number of alkyl halides is 3. The highest BCUT2D eigenvalue weighted by Gasteiger charge is 2.36. The summed E-state index contributed by atoms with van der Waals surface area (Å²) in [5.74, 6) is -0.710. The fraction of sp³-hybridized carbons (Fsp3) is 0.364. The maximum atomic E-state index is 13.2. The van der Waals surface area contributed by atoms with E-state index in [2.05, 4.69) is 5.32 Å². The maximum Gasteiger partial charge on any atom is 0.417 e. The first-order valence-electron chi connectivity index (χ1n) is 9.90. The number of hydrogen-bond acceptors (Lipinski definition) is 4. The lowest BCUT2D eigenvalue weighted by Crippen LogP contribution is -2.49. The number of hydrogen-bond donors (Lipinski definition) is 1. The summed E-state index contributed by atoms with van der Waals surface area (Å²) in [5, 5.41) is 2.91. The molecule has 0 unspecified atom stereocenters. The molecule has 1 aliphatic rings. The monoisotopic (exact) mass is 451 g/mol. The van der Waals surface area contributed by atoms with E-state index in [1.807, 2.05) is 35.4 Å². The van der Waals surface area contributed by atoms with Gasteiger partial charge in [0.1, 0.15) is 0 Å². The van der Waals surface area contributed by atoms with Gasteiger partial charge in [-0.3, -0.25) is 14.5 Å². The second kappa shape index (κ2) is 10.2. The molecular weight excluding hydrogens is 427 g/mol. The van der Waals surface area contributed by atoms with Crippen LogP contribution >= 0.6 is 11.8 Å². The van der Waals surface area contributed by atoms with Crippen LogP contribution in [0.25, 0.3) is 0 Å². The Kier molecular flexibility index (Phi) is 7.61. The molecule has 0 bridgehead atoms. The summed E-state index contributed by atoms with van der Waals surface area (Å²) in [4.78, 5) is 29.4. The Bertz CT molecular complexity index is 928. The molecule has 0 aliphatic carbocycles. The van der Waals surface area contributed by atoms with E-state index in [9.17, 15) is 22.8 Å². The molecule has 0 saturated carbocycles. The summed E-state index contributed by atoms with van der Waals surface area (Å²) < 4.78 is 39.6. The summed E-state index contributed by atoms with van der Waals surface area (Å²) in [6.07, 6.45) is -2.33. The molecule has 1 fully saturated rings. The third-order valence-corrected chi connectivity index (χ3v) is 5.95. The molecule has 0 spiro atoms. The zero-order valence-electron chi connectivity index (χ0n) is 17.1. The molecule has 166 valence electrons. The van der Waals surface area contributed by atoms with Crippen LogP contribution < -0.4 is 5.32 Å². The highest BCUT2D eigenvalue weighted by atomic mass is 32.2. The Morgan fingerprint density at radius 3 is 2.32 bits per heavy atom. The maximum absolute atomic E-state index is 13.2. The van der Waals surface area contributed by atoms with Crippen LogP contribution in [0.2, 0.25) is 0 Å². The van der Waals surface area contributed by atoms with E-state index < -0.39 is 17.6 Å². The van der Waals surface area contributed by atoms with Crippen LogP contribution in [0.1, 0.15) is 22.3 Å². The molecule has 1 N–H and O–H groups in total. The smallest absolute Gasteiger partial charge is 0.336 e. The van der Waals surface area contributed by atoms with Crippen molar-refractivity contribution < 1.29 is 22.8 Å². The Morgan fingerprint density at radius 2 is 1.65 bits per heavy atom. The van der Waals surface area contributed by atoms with Crippen molar-refractivity contribution in [1.82, 2.24) is 9.80 Å². The number of rotatable bonds is 6. The Hall–Kier alpha value is -2.52. The molecule has 0 atom stereocenters. The number of benzene rings is 2. The summed E-state index contributed by atoms with van der Waals surface area (Å²) in [6, 6.07) is 12.4. The second-order valence-electron chi connectivity index (χ2n) is 7.18. The number of amides is 2. The first-order valence-corrected chi connectivity index (χ1v) is 11.1. The zero-order chi connectivity index (χ0) is 22.4. The Labute approximate surface area is 183 Å². The molecule has 0 radical (unpaired) electrons. The Morgan fingerprint density at radius 1 is 1.00 bits per heavy atom. The molecule has 2 aromatic carbocycles. The number of nitrogens with zero attached hydrogens (tertiary/aromatic N) is 2. The van der Waals surface area contributed by atoms with E-state index in [0.717, 1.165) is 16.6 Å². The van der Waals surface area contributed by atoms with Crippen molar-refractivity contribution in [3.05, 3.63) is 59.7 Å². The fourth-order valence-corrected chi connectivity index (χ4v) is 4.04. The summed E-state index contributed by atoms with van der Waals surface area (Å²) in [7, 11) is 0. The normalized spacial score (nSPS) is 15.0. The van der Waals surface area contributed by atoms with Gasteiger partial charge in [-0.2, -0.15) is 13.2 Å². The molecule has 0 aromatic heterocycles. The third-order valence-electron chi connectivity index (χ3n) is 5.16. The summed E-state index contributed by atoms with van der Waals surface area (Å²) in [6.45, 7) is 2.18. The van der Waals surface area contributed by atoms with Gasteiger partial charge in [-0.25, -0.2) is 0 Å². The molecule has 9 heteroatoms. The molecule has 3 rings (SSSR count). The summed E-state index contributed by atoms with van der Waals surface area (Å²) >= 11 is 1.55. The van der Waals surface area contributed by atoms with E-state index in [1.54, 1.807) is 11.8 Å². The lowest BCUT2D eigenvalue weighted by atomic mass is 10.1. The second-order valence-corrected chi connectivity index (χ2v) is 8.02. The van der Waals surface area contributed by atoms with Crippen LogP contribution in [0.4, 0.5) is 18.9 Å². The standard InChI is InChI=1S/C22H24F3N3O2S/c1-31-19-9-5-4-8-18(19)26-20(29)10-11-27-12-14-28(15-13-27)21(30)16-6-2-3-7-17(16)22(23,24)25/h2-9H,10-15H2,1H3,(H,26,29). The van der Waals surface area contributed by atoms with Gasteiger partial charge in [-0.1, -0.05) is 24.3 Å². The number of piperazine rings is 1. The van der Waals surface area contributed by atoms with Gasteiger partial charge in [0.2, 0.25) is 5.91 Å². The predicted octanol–water partition coefficient (Wildman–Crippen LogP) is 4.21. The van der Waals surface area contributed by atoms with E-state index in [1.165, 1.54) is 23.1 Å². The molecule has 1 heterocycles. The fourth-order valence-electron chi connectivity index (χ4n) is 3.48. The largest absolute Gasteiger partial charge is 0.417 e. The molecule has 31 heavy (non-hydrogen) atoms. The minimum absolute atomic E-state index is 0.0980. The number of thioether (sulfide) groups is 1. The lowest BCUT2D eigenvalue weighted by molar-refractivity contribution is -0.138. The van der Waals surface area contributed by atoms with Gasteiger partial charge < -0.3 is 10.2 Å².